The first kappa shape index (κ1) is 10.5. The summed E-state index contributed by atoms with van der Waals surface area (Å²) >= 11 is 0. The van der Waals surface area contributed by atoms with Gasteiger partial charge in [-0.1, -0.05) is 0 Å². The summed E-state index contributed by atoms with van der Waals surface area (Å²) in [6, 6.07) is 3.87. The maximum atomic E-state index is 4.27. The van der Waals surface area contributed by atoms with Crippen LogP contribution in [0.15, 0.2) is 24.5 Å². The lowest BCUT2D eigenvalue weighted by atomic mass is 10.3. The van der Waals surface area contributed by atoms with Crippen molar-refractivity contribution in [1.82, 2.24) is 14.8 Å². The summed E-state index contributed by atoms with van der Waals surface area (Å²) in [5, 5.41) is 10.6. The van der Waals surface area contributed by atoms with E-state index in [9.17, 15) is 0 Å². The van der Waals surface area contributed by atoms with E-state index in [1.807, 2.05) is 39.3 Å². The second kappa shape index (κ2) is 4.22. The van der Waals surface area contributed by atoms with Crippen LogP contribution in [0, 0.1) is 6.92 Å². The zero-order valence-corrected chi connectivity index (χ0v) is 9.65. The van der Waals surface area contributed by atoms with E-state index in [0.717, 1.165) is 22.9 Å². The largest absolute Gasteiger partial charge is 0.373 e. The highest BCUT2D eigenvalue weighted by Gasteiger charge is 2.03. The van der Waals surface area contributed by atoms with Crippen LogP contribution in [0.5, 0.6) is 0 Å². The molecule has 2 aromatic rings. The second-order valence-electron chi connectivity index (χ2n) is 3.61. The first-order chi connectivity index (χ1) is 7.69. The summed E-state index contributed by atoms with van der Waals surface area (Å²) in [6.07, 6.45) is 3.72. The topological polar surface area (TPSA) is 54.8 Å². The Morgan fingerprint density at radius 3 is 2.81 bits per heavy atom. The molecule has 2 aromatic heterocycles. The van der Waals surface area contributed by atoms with Crippen LogP contribution in [0.3, 0.4) is 0 Å². The van der Waals surface area contributed by atoms with E-state index >= 15 is 0 Å². The lowest BCUT2D eigenvalue weighted by Crippen LogP contribution is -1.95. The predicted octanol–water partition coefficient (Wildman–Crippen LogP) is 1.91. The quantitative estimate of drug-likeness (QED) is 0.824. The maximum Gasteiger partial charge on any atom is 0.127 e. The average Bonchev–Trinajstić information content (AvgIpc) is 2.58. The van der Waals surface area contributed by atoms with E-state index in [2.05, 4.69) is 20.7 Å². The van der Waals surface area contributed by atoms with Gasteiger partial charge in [0.15, 0.2) is 0 Å². The predicted molar refractivity (Wildman–Crippen MR) is 65.0 cm³/mol. The molecule has 0 aliphatic rings. The maximum absolute atomic E-state index is 4.27. The third-order valence-corrected chi connectivity index (χ3v) is 2.31. The molecule has 16 heavy (non-hydrogen) atoms. The van der Waals surface area contributed by atoms with Gasteiger partial charge in [0.2, 0.25) is 0 Å². The van der Waals surface area contributed by atoms with Crippen LogP contribution in [-0.2, 0) is 7.05 Å². The number of nitrogens with zero attached hydrogens (tertiary/aromatic N) is 3. The standard InChI is InChI=1S/C11H15N5/c1-8-10(7-16(3)15-8)14-9-4-5-13-11(6-9)12-2/h4-7H,1-3H3,(H2,12,13,14). The fourth-order valence-electron chi connectivity index (χ4n) is 1.52. The van der Waals surface area contributed by atoms with Gasteiger partial charge in [-0.2, -0.15) is 5.10 Å². The van der Waals surface area contributed by atoms with Gasteiger partial charge in [0.05, 0.1) is 11.4 Å². The van der Waals surface area contributed by atoms with Crippen molar-refractivity contribution in [3.8, 4) is 0 Å². The minimum Gasteiger partial charge on any atom is -0.373 e. The molecule has 0 aliphatic heterocycles. The Balaban J connectivity index is 2.23. The zero-order valence-electron chi connectivity index (χ0n) is 9.65. The van der Waals surface area contributed by atoms with Crippen molar-refractivity contribution in [2.75, 3.05) is 17.7 Å². The Hall–Kier alpha value is -2.04. The average molecular weight is 217 g/mol. The van der Waals surface area contributed by atoms with Crippen molar-refractivity contribution in [2.45, 2.75) is 6.92 Å². The number of hydrogen-bond acceptors (Lipinski definition) is 4. The van der Waals surface area contributed by atoms with Crippen molar-refractivity contribution in [3.63, 3.8) is 0 Å². The van der Waals surface area contributed by atoms with E-state index in [1.54, 1.807) is 10.9 Å². The normalized spacial score (nSPS) is 10.2. The molecule has 0 spiro atoms. The van der Waals surface area contributed by atoms with Crippen LogP contribution in [0.25, 0.3) is 0 Å². The van der Waals surface area contributed by atoms with Crippen LogP contribution < -0.4 is 10.6 Å². The van der Waals surface area contributed by atoms with Crippen LogP contribution >= 0.6 is 0 Å². The van der Waals surface area contributed by atoms with Crippen LogP contribution in [0.1, 0.15) is 5.69 Å². The Morgan fingerprint density at radius 2 is 2.19 bits per heavy atom. The molecule has 5 nitrogen and oxygen atoms in total. The monoisotopic (exact) mass is 217 g/mol. The van der Waals surface area contributed by atoms with Gasteiger partial charge in [0.1, 0.15) is 5.82 Å². The minimum absolute atomic E-state index is 0.839. The van der Waals surface area contributed by atoms with Gasteiger partial charge in [-0.05, 0) is 13.0 Å². The zero-order chi connectivity index (χ0) is 11.5. The van der Waals surface area contributed by atoms with Crippen molar-refractivity contribution in [2.24, 2.45) is 7.05 Å². The summed E-state index contributed by atoms with van der Waals surface area (Å²) in [5.74, 6) is 0.839. The van der Waals surface area contributed by atoms with E-state index in [0.29, 0.717) is 0 Å². The summed E-state index contributed by atoms with van der Waals surface area (Å²) in [6.45, 7) is 1.97. The summed E-state index contributed by atoms with van der Waals surface area (Å²) in [7, 11) is 3.76. The smallest absolute Gasteiger partial charge is 0.127 e. The molecule has 0 saturated carbocycles. The van der Waals surface area contributed by atoms with Gasteiger partial charge < -0.3 is 10.6 Å². The second-order valence-corrected chi connectivity index (χ2v) is 3.61. The molecule has 0 unspecified atom stereocenters. The molecule has 0 saturated heterocycles. The molecule has 0 radical (unpaired) electrons. The molecule has 2 N–H and O–H groups in total. The first-order valence-electron chi connectivity index (χ1n) is 5.10. The number of aromatic nitrogens is 3. The van der Waals surface area contributed by atoms with Crippen molar-refractivity contribution >= 4 is 17.2 Å². The molecule has 0 fully saturated rings. The minimum atomic E-state index is 0.839. The van der Waals surface area contributed by atoms with Crippen molar-refractivity contribution in [3.05, 3.63) is 30.2 Å². The molecule has 0 atom stereocenters. The third kappa shape index (κ3) is 2.13. The van der Waals surface area contributed by atoms with E-state index in [-0.39, 0.29) is 0 Å². The van der Waals surface area contributed by atoms with Crippen molar-refractivity contribution in [1.29, 1.82) is 0 Å². The lowest BCUT2D eigenvalue weighted by Gasteiger charge is -2.06. The highest BCUT2D eigenvalue weighted by atomic mass is 15.3. The highest BCUT2D eigenvalue weighted by Crippen LogP contribution is 2.20. The third-order valence-electron chi connectivity index (χ3n) is 2.31. The molecular weight excluding hydrogens is 202 g/mol. The van der Waals surface area contributed by atoms with Gasteiger partial charge >= 0.3 is 0 Å². The lowest BCUT2D eigenvalue weighted by molar-refractivity contribution is 0.756. The SMILES string of the molecule is CNc1cc(Nc2cn(C)nc2C)ccn1. The molecular formula is C11H15N5. The summed E-state index contributed by atoms with van der Waals surface area (Å²) in [4.78, 5) is 4.16. The fraction of sp³-hybridized carbons (Fsp3) is 0.273. The Morgan fingerprint density at radius 1 is 1.38 bits per heavy atom. The van der Waals surface area contributed by atoms with Gasteiger partial charge in [0, 0.05) is 38.2 Å². The number of rotatable bonds is 3. The van der Waals surface area contributed by atoms with Crippen LogP contribution in [0.2, 0.25) is 0 Å². The molecule has 0 aromatic carbocycles. The number of pyridine rings is 1. The molecule has 0 amide bonds. The molecule has 5 heteroatoms. The van der Waals surface area contributed by atoms with Gasteiger partial charge in [-0.15, -0.1) is 0 Å². The van der Waals surface area contributed by atoms with Crippen LogP contribution in [-0.4, -0.2) is 21.8 Å². The molecule has 0 bridgehead atoms. The highest BCUT2D eigenvalue weighted by molar-refractivity contribution is 5.63. The van der Waals surface area contributed by atoms with Gasteiger partial charge in [-0.3, -0.25) is 4.68 Å². The number of aryl methyl sites for hydroxylation is 2. The number of anilines is 3. The molecule has 84 valence electrons. The summed E-state index contributed by atoms with van der Waals surface area (Å²) < 4.78 is 1.79. The molecule has 0 aliphatic carbocycles. The molecule has 2 heterocycles. The Bertz CT molecular complexity index is 489. The Labute approximate surface area is 94.5 Å². The van der Waals surface area contributed by atoms with Gasteiger partial charge in [-0.25, -0.2) is 4.98 Å². The summed E-state index contributed by atoms with van der Waals surface area (Å²) in [5.41, 5.74) is 2.98. The van der Waals surface area contributed by atoms with E-state index in [1.165, 1.54) is 0 Å². The Kier molecular flexibility index (Phi) is 2.76. The van der Waals surface area contributed by atoms with E-state index in [4.69, 9.17) is 0 Å². The van der Waals surface area contributed by atoms with Gasteiger partial charge in [0.25, 0.3) is 0 Å². The van der Waals surface area contributed by atoms with E-state index < -0.39 is 0 Å². The van der Waals surface area contributed by atoms with Crippen molar-refractivity contribution < 1.29 is 0 Å². The number of hydrogen-bond donors (Lipinski definition) is 2. The molecule has 2 rings (SSSR count). The fourth-order valence-corrected chi connectivity index (χ4v) is 1.52. The van der Waals surface area contributed by atoms with Crippen LogP contribution in [0.4, 0.5) is 17.2 Å². The first-order valence-corrected chi connectivity index (χ1v) is 5.10. The number of nitrogens with one attached hydrogen (secondary N) is 2.